The number of aromatic nitrogens is 5. The van der Waals surface area contributed by atoms with Crippen LogP contribution >= 0.6 is 0 Å². The fourth-order valence-electron chi connectivity index (χ4n) is 3.57. The number of para-hydroxylation sites is 3. The summed E-state index contributed by atoms with van der Waals surface area (Å²) < 4.78 is 0. The van der Waals surface area contributed by atoms with E-state index in [-0.39, 0.29) is 0 Å². The van der Waals surface area contributed by atoms with E-state index >= 15 is 0 Å². The summed E-state index contributed by atoms with van der Waals surface area (Å²) >= 11 is 0. The lowest BCUT2D eigenvalue weighted by molar-refractivity contribution is 1.25. The fraction of sp³-hybridized carbons (Fsp3) is 0. The quantitative estimate of drug-likeness (QED) is 0.442. The highest BCUT2D eigenvalue weighted by Crippen LogP contribution is 2.25. The molecule has 0 atom stereocenters. The Morgan fingerprint density at radius 2 is 1.31 bits per heavy atom. The smallest absolute Gasteiger partial charge is 0.157 e. The maximum atomic E-state index is 4.83. The molecule has 0 bridgehead atoms. The first-order chi connectivity index (χ1) is 14.3. The second-order valence-corrected chi connectivity index (χ2v) is 6.95. The lowest BCUT2D eigenvalue weighted by Gasteiger charge is -2.05. The summed E-state index contributed by atoms with van der Waals surface area (Å²) in [5, 5.41) is 2.09. The summed E-state index contributed by atoms with van der Waals surface area (Å²) in [6, 6.07) is 26.1. The highest BCUT2D eigenvalue weighted by atomic mass is 14.9. The number of H-pyrrole nitrogens is 1. The van der Waals surface area contributed by atoms with Crippen molar-refractivity contribution in [1.82, 2.24) is 24.9 Å². The van der Waals surface area contributed by atoms with Crippen LogP contribution in [0.4, 0.5) is 0 Å². The summed E-state index contributed by atoms with van der Waals surface area (Å²) in [5.41, 5.74) is 6.19. The van der Waals surface area contributed by atoms with Crippen molar-refractivity contribution in [2.24, 2.45) is 0 Å². The van der Waals surface area contributed by atoms with E-state index in [1.165, 1.54) is 0 Å². The summed E-state index contributed by atoms with van der Waals surface area (Å²) in [4.78, 5) is 22.2. The van der Waals surface area contributed by atoms with Gasteiger partial charge in [0.1, 0.15) is 5.69 Å². The molecule has 0 radical (unpaired) electrons. The normalized spacial score (nSPS) is 11.4. The van der Waals surface area contributed by atoms with Crippen LogP contribution in [0.3, 0.4) is 0 Å². The van der Waals surface area contributed by atoms with Crippen molar-refractivity contribution < 1.29 is 0 Å². The molecule has 29 heavy (non-hydrogen) atoms. The van der Waals surface area contributed by atoms with Gasteiger partial charge in [0.25, 0.3) is 0 Å². The molecule has 136 valence electrons. The molecule has 4 aromatic heterocycles. The topological polar surface area (TPSA) is 67.3 Å². The Hall–Kier alpha value is -4.12. The van der Waals surface area contributed by atoms with Gasteiger partial charge >= 0.3 is 0 Å². The molecule has 6 aromatic rings. The Morgan fingerprint density at radius 3 is 2.24 bits per heavy atom. The number of hydrogen-bond donors (Lipinski definition) is 1. The van der Waals surface area contributed by atoms with Gasteiger partial charge in [-0.3, -0.25) is 4.98 Å². The van der Waals surface area contributed by atoms with E-state index in [0.29, 0.717) is 0 Å². The second-order valence-electron chi connectivity index (χ2n) is 6.95. The number of benzene rings is 2. The van der Waals surface area contributed by atoms with Crippen LogP contribution < -0.4 is 0 Å². The van der Waals surface area contributed by atoms with Crippen LogP contribution in [0.5, 0.6) is 0 Å². The zero-order valence-corrected chi connectivity index (χ0v) is 15.4. The van der Waals surface area contributed by atoms with Crippen LogP contribution in [-0.2, 0) is 0 Å². The maximum absolute atomic E-state index is 4.83. The Bertz CT molecular complexity index is 1480. The molecule has 0 unspecified atom stereocenters. The summed E-state index contributed by atoms with van der Waals surface area (Å²) in [6.45, 7) is 0. The number of aromatic amines is 1. The Balaban J connectivity index is 1.47. The summed E-state index contributed by atoms with van der Waals surface area (Å²) in [5.74, 6) is 0.760. The number of nitrogens with one attached hydrogen (secondary N) is 1. The minimum Gasteiger partial charge on any atom is -0.337 e. The first-order valence-corrected chi connectivity index (χ1v) is 9.42. The predicted molar refractivity (Wildman–Crippen MR) is 115 cm³/mol. The average molecular weight is 373 g/mol. The van der Waals surface area contributed by atoms with E-state index < -0.39 is 0 Å². The standard InChI is InChI=1S/C24H15N5/c1-2-6-17-15(5-1)9-11-20(26-17)23-13-22-16(14-25-23)10-12-21(27-22)24-28-18-7-3-4-8-19(18)29-24/h1-14H,(H,28,29). The van der Waals surface area contributed by atoms with Crippen molar-refractivity contribution in [3.05, 3.63) is 85.1 Å². The third-order valence-electron chi connectivity index (χ3n) is 5.07. The van der Waals surface area contributed by atoms with E-state index in [0.717, 1.165) is 55.7 Å². The Morgan fingerprint density at radius 1 is 0.552 bits per heavy atom. The molecule has 2 aromatic carbocycles. The van der Waals surface area contributed by atoms with Crippen LogP contribution in [0.1, 0.15) is 0 Å². The fourth-order valence-corrected chi connectivity index (χ4v) is 3.57. The minimum absolute atomic E-state index is 0.760. The van der Waals surface area contributed by atoms with E-state index in [1.54, 1.807) is 0 Å². The monoisotopic (exact) mass is 373 g/mol. The third kappa shape index (κ3) is 2.72. The molecule has 0 spiro atoms. The van der Waals surface area contributed by atoms with Gasteiger partial charge in [0.05, 0.1) is 33.5 Å². The zero-order chi connectivity index (χ0) is 19.2. The van der Waals surface area contributed by atoms with Crippen molar-refractivity contribution in [1.29, 1.82) is 0 Å². The van der Waals surface area contributed by atoms with Gasteiger partial charge in [0, 0.05) is 17.0 Å². The number of imidazole rings is 1. The van der Waals surface area contributed by atoms with Crippen LogP contribution in [-0.4, -0.2) is 24.9 Å². The van der Waals surface area contributed by atoms with E-state index in [9.17, 15) is 0 Å². The largest absolute Gasteiger partial charge is 0.337 e. The van der Waals surface area contributed by atoms with Gasteiger partial charge in [-0.2, -0.15) is 0 Å². The van der Waals surface area contributed by atoms with Crippen LogP contribution in [0, 0.1) is 0 Å². The number of nitrogens with zero attached hydrogens (tertiary/aromatic N) is 4. The highest BCUT2D eigenvalue weighted by Gasteiger charge is 2.09. The number of pyridine rings is 3. The molecule has 5 nitrogen and oxygen atoms in total. The third-order valence-corrected chi connectivity index (χ3v) is 5.07. The van der Waals surface area contributed by atoms with Gasteiger partial charge in [-0.1, -0.05) is 36.4 Å². The van der Waals surface area contributed by atoms with Crippen molar-refractivity contribution in [2.75, 3.05) is 0 Å². The number of fused-ring (bicyclic) bond motifs is 3. The molecule has 5 heteroatoms. The highest BCUT2D eigenvalue weighted by molar-refractivity contribution is 5.86. The van der Waals surface area contributed by atoms with Gasteiger partial charge in [-0.05, 0) is 42.5 Å². The van der Waals surface area contributed by atoms with E-state index in [2.05, 4.69) is 27.1 Å². The predicted octanol–water partition coefficient (Wildman–Crippen LogP) is 5.39. The molecular weight excluding hydrogens is 358 g/mol. The maximum Gasteiger partial charge on any atom is 0.157 e. The lowest BCUT2D eigenvalue weighted by atomic mass is 10.1. The summed E-state index contributed by atoms with van der Waals surface area (Å²) in [7, 11) is 0. The first kappa shape index (κ1) is 15.9. The minimum atomic E-state index is 0.760. The Labute approximate surface area is 166 Å². The summed E-state index contributed by atoms with van der Waals surface area (Å²) in [6.07, 6.45) is 1.84. The SMILES string of the molecule is c1ccc2nc(-c3cc4nc(-c5nc6ccccc6[nH]5)ccc4cn3)ccc2c1. The molecule has 0 saturated heterocycles. The number of rotatable bonds is 2. The van der Waals surface area contributed by atoms with Crippen molar-refractivity contribution >= 4 is 32.8 Å². The zero-order valence-electron chi connectivity index (χ0n) is 15.4. The molecule has 0 aliphatic rings. The molecule has 0 fully saturated rings. The van der Waals surface area contributed by atoms with Crippen molar-refractivity contribution in [3.8, 4) is 22.9 Å². The average Bonchev–Trinajstić information content (AvgIpc) is 3.22. The van der Waals surface area contributed by atoms with E-state index in [4.69, 9.17) is 9.97 Å². The van der Waals surface area contributed by atoms with E-state index in [1.807, 2.05) is 72.9 Å². The second kappa shape index (κ2) is 6.21. The molecule has 0 saturated carbocycles. The van der Waals surface area contributed by atoms with Crippen LogP contribution in [0.25, 0.3) is 55.7 Å². The molecule has 1 N–H and O–H groups in total. The molecule has 0 aliphatic heterocycles. The first-order valence-electron chi connectivity index (χ1n) is 9.42. The molecule has 4 heterocycles. The number of hydrogen-bond acceptors (Lipinski definition) is 4. The van der Waals surface area contributed by atoms with Gasteiger partial charge in [0.15, 0.2) is 5.82 Å². The van der Waals surface area contributed by atoms with Gasteiger partial charge in [0.2, 0.25) is 0 Å². The van der Waals surface area contributed by atoms with Gasteiger partial charge in [-0.25, -0.2) is 15.0 Å². The molecular formula is C24H15N5. The van der Waals surface area contributed by atoms with Gasteiger partial charge in [-0.15, -0.1) is 0 Å². The molecule has 0 amide bonds. The van der Waals surface area contributed by atoms with Crippen molar-refractivity contribution in [3.63, 3.8) is 0 Å². The van der Waals surface area contributed by atoms with Crippen molar-refractivity contribution in [2.45, 2.75) is 0 Å². The molecule has 6 rings (SSSR count). The Kier molecular flexibility index (Phi) is 3.40. The van der Waals surface area contributed by atoms with Crippen LogP contribution in [0.15, 0.2) is 85.1 Å². The van der Waals surface area contributed by atoms with Gasteiger partial charge < -0.3 is 4.98 Å². The molecule has 0 aliphatic carbocycles. The van der Waals surface area contributed by atoms with Crippen LogP contribution in [0.2, 0.25) is 0 Å². The lowest BCUT2D eigenvalue weighted by Crippen LogP contribution is -1.92.